The summed E-state index contributed by atoms with van der Waals surface area (Å²) in [5.41, 5.74) is 3.65. The summed E-state index contributed by atoms with van der Waals surface area (Å²) in [4.78, 5) is 0. The van der Waals surface area contributed by atoms with Gasteiger partial charge in [-0.2, -0.15) is 5.10 Å². The number of benzene rings is 1. The molecule has 1 aromatic heterocycles. The maximum atomic E-state index is 6.04. The van der Waals surface area contributed by atoms with Gasteiger partial charge in [0.1, 0.15) is 6.10 Å². The molecule has 0 aliphatic carbocycles. The molecule has 2 heterocycles. The van der Waals surface area contributed by atoms with Gasteiger partial charge in [0.2, 0.25) is 0 Å². The van der Waals surface area contributed by atoms with E-state index in [1.807, 2.05) is 10.9 Å². The Kier molecular flexibility index (Phi) is 6.01. The maximum absolute atomic E-state index is 6.04. The molecule has 1 fully saturated rings. The lowest BCUT2D eigenvalue weighted by Gasteiger charge is -2.32. The summed E-state index contributed by atoms with van der Waals surface area (Å²) in [6, 6.07) is 8.90. The number of methoxy groups -OCH3 is 1. The van der Waals surface area contributed by atoms with E-state index in [4.69, 9.17) is 9.47 Å². The number of ether oxygens (including phenoxy) is 2. The molecule has 1 aliphatic rings. The van der Waals surface area contributed by atoms with E-state index in [9.17, 15) is 0 Å². The van der Waals surface area contributed by atoms with Crippen LogP contribution in [-0.2, 0) is 29.2 Å². The molecule has 0 unspecified atom stereocenters. The fourth-order valence-corrected chi connectivity index (χ4v) is 3.19. The molecule has 5 nitrogen and oxygen atoms in total. The molecular weight excluding hydrogens is 302 g/mol. The zero-order chi connectivity index (χ0) is 16.8. The molecule has 0 radical (unpaired) electrons. The van der Waals surface area contributed by atoms with Gasteiger partial charge >= 0.3 is 0 Å². The number of aromatic nitrogens is 2. The van der Waals surface area contributed by atoms with E-state index in [0.29, 0.717) is 12.6 Å². The van der Waals surface area contributed by atoms with E-state index in [2.05, 4.69) is 47.8 Å². The molecule has 1 N–H and O–H groups in total. The minimum Gasteiger partial charge on any atom is -0.380 e. The van der Waals surface area contributed by atoms with Gasteiger partial charge in [-0.1, -0.05) is 24.3 Å². The number of nitrogens with one attached hydrogen (secondary N) is 1. The summed E-state index contributed by atoms with van der Waals surface area (Å²) in [6.07, 6.45) is 6.36. The van der Waals surface area contributed by atoms with Gasteiger partial charge < -0.3 is 14.8 Å². The van der Waals surface area contributed by atoms with Crippen LogP contribution in [0.15, 0.2) is 36.7 Å². The van der Waals surface area contributed by atoms with Crippen molar-refractivity contribution in [3.05, 3.63) is 53.3 Å². The van der Waals surface area contributed by atoms with Crippen LogP contribution in [0.1, 0.15) is 42.6 Å². The third kappa shape index (κ3) is 4.23. The number of nitrogens with zero attached hydrogens (tertiary/aromatic N) is 2. The Hall–Kier alpha value is -1.69. The molecule has 1 aromatic carbocycles. The van der Waals surface area contributed by atoms with Crippen molar-refractivity contribution in [1.82, 2.24) is 15.1 Å². The SMILES string of the molecule is CCn1cc([C@H]2OCCC[C@@H]2NCc2ccc(COC)cc2)cn1. The molecule has 5 heteroatoms. The highest BCUT2D eigenvalue weighted by Gasteiger charge is 2.28. The average Bonchev–Trinajstić information content (AvgIpc) is 3.11. The minimum atomic E-state index is 0.0896. The lowest BCUT2D eigenvalue weighted by Crippen LogP contribution is -2.39. The quantitative estimate of drug-likeness (QED) is 0.848. The van der Waals surface area contributed by atoms with Crippen LogP contribution in [0.3, 0.4) is 0 Å². The van der Waals surface area contributed by atoms with Crippen LogP contribution in [-0.4, -0.2) is 29.5 Å². The van der Waals surface area contributed by atoms with Crippen LogP contribution in [0.2, 0.25) is 0 Å². The third-order valence-corrected chi connectivity index (χ3v) is 4.53. The van der Waals surface area contributed by atoms with E-state index < -0.39 is 0 Å². The molecule has 0 amide bonds. The molecule has 130 valence electrons. The van der Waals surface area contributed by atoms with Gasteiger partial charge in [0.25, 0.3) is 0 Å². The predicted molar refractivity (Wildman–Crippen MR) is 93.6 cm³/mol. The monoisotopic (exact) mass is 329 g/mol. The van der Waals surface area contributed by atoms with Gasteiger partial charge in [-0.05, 0) is 30.9 Å². The Morgan fingerprint density at radius 1 is 1.29 bits per heavy atom. The summed E-state index contributed by atoms with van der Waals surface area (Å²) in [5, 5.41) is 8.06. The van der Waals surface area contributed by atoms with Crippen LogP contribution in [0.25, 0.3) is 0 Å². The summed E-state index contributed by atoms with van der Waals surface area (Å²) in [5.74, 6) is 0. The van der Waals surface area contributed by atoms with Crippen LogP contribution in [0, 0.1) is 0 Å². The van der Waals surface area contributed by atoms with Crippen molar-refractivity contribution in [1.29, 1.82) is 0 Å². The molecule has 0 spiro atoms. The van der Waals surface area contributed by atoms with Gasteiger partial charge in [0.05, 0.1) is 12.8 Å². The van der Waals surface area contributed by atoms with Crippen molar-refractivity contribution in [2.24, 2.45) is 0 Å². The van der Waals surface area contributed by atoms with Gasteiger partial charge in [-0.25, -0.2) is 0 Å². The summed E-state index contributed by atoms with van der Waals surface area (Å²) in [6.45, 7) is 5.32. The van der Waals surface area contributed by atoms with Crippen molar-refractivity contribution in [2.45, 2.75) is 51.6 Å². The van der Waals surface area contributed by atoms with E-state index in [1.54, 1.807) is 7.11 Å². The molecule has 0 saturated carbocycles. The van der Waals surface area contributed by atoms with Gasteiger partial charge in [-0.3, -0.25) is 4.68 Å². The predicted octanol–water partition coefficient (Wildman–Crippen LogP) is 3.06. The number of hydrogen-bond acceptors (Lipinski definition) is 4. The molecule has 2 aromatic rings. The van der Waals surface area contributed by atoms with Crippen molar-refractivity contribution < 1.29 is 9.47 Å². The Bertz CT molecular complexity index is 624. The normalized spacial score (nSPS) is 21.1. The van der Waals surface area contributed by atoms with Crippen molar-refractivity contribution in [3.63, 3.8) is 0 Å². The lowest BCUT2D eigenvalue weighted by molar-refractivity contribution is -0.0112. The first-order valence-electron chi connectivity index (χ1n) is 8.74. The number of aryl methyl sites for hydroxylation is 1. The molecule has 0 bridgehead atoms. The highest BCUT2D eigenvalue weighted by molar-refractivity contribution is 5.22. The van der Waals surface area contributed by atoms with E-state index in [0.717, 1.165) is 32.5 Å². The second-order valence-corrected chi connectivity index (χ2v) is 6.30. The first kappa shape index (κ1) is 17.1. The van der Waals surface area contributed by atoms with Crippen LogP contribution >= 0.6 is 0 Å². The highest BCUT2D eigenvalue weighted by atomic mass is 16.5. The molecule has 3 rings (SSSR count). The topological polar surface area (TPSA) is 48.3 Å². The van der Waals surface area contributed by atoms with Crippen LogP contribution in [0.4, 0.5) is 0 Å². The minimum absolute atomic E-state index is 0.0896. The molecular formula is C19H27N3O2. The smallest absolute Gasteiger partial charge is 0.101 e. The second kappa shape index (κ2) is 8.42. The van der Waals surface area contributed by atoms with Crippen molar-refractivity contribution in [2.75, 3.05) is 13.7 Å². The number of hydrogen-bond donors (Lipinski definition) is 1. The van der Waals surface area contributed by atoms with Crippen molar-refractivity contribution >= 4 is 0 Å². The van der Waals surface area contributed by atoms with Crippen molar-refractivity contribution in [3.8, 4) is 0 Å². The zero-order valence-corrected chi connectivity index (χ0v) is 14.6. The molecule has 1 saturated heterocycles. The lowest BCUT2D eigenvalue weighted by atomic mass is 9.98. The number of rotatable bonds is 7. The second-order valence-electron chi connectivity index (χ2n) is 6.30. The average molecular weight is 329 g/mol. The van der Waals surface area contributed by atoms with E-state index >= 15 is 0 Å². The third-order valence-electron chi connectivity index (χ3n) is 4.53. The molecule has 2 atom stereocenters. The molecule has 24 heavy (non-hydrogen) atoms. The molecule has 1 aliphatic heterocycles. The summed E-state index contributed by atoms with van der Waals surface area (Å²) >= 11 is 0. The Labute approximate surface area is 144 Å². The maximum Gasteiger partial charge on any atom is 0.101 e. The Morgan fingerprint density at radius 2 is 2.08 bits per heavy atom. The van der Waals surface area contributed by atoms with E-state index in [-0.39, 0.29) is 6.10 Å². The zero-order valence-electron chi connectivity index (χ0n) is 14.6. The fraction of sp³-hybridized carbons (Fsp3) is 0.526. The van der Waals surface area contributed by atoms with Crippen LogP contribution in [0.5, 0.6) is 0 Å². The highest BCUT2D eigenvalue weighted by Crippen LogP contribution is 2.28. The summed E-state index contributed by atoms with van der Waals surface area (Å²) < 4.78 is 13.2. The van der Waals surface area contributed by atoms with Gasteiger partial charge in [0, 0.05) is 44.6 Å². The largest absolute Gasteiger partial charge is 0.380 e. The summed E-state index contributed by atoms with van der Waals surface area (Å²) in [7, 11) is 1.72. The first-order chi connectivity index (χ1) is 11.8. The first-order valence-corrected chi connectivity index (χ1v) is 8.74. The Balaban J connectivity index is 1.61. The van der Waals surface area contributed by atoms with Gasteiger partial charge in [0.15, 0.2) is 0 Å². The van der Waals surface area contributed by atoms with E-state index in [1.165, 1.54) is 16.7 Å². The fourth-order valence-electron chi connectivity index (χ4n) is 3.19. The standard InChI is InChI=1S/C19H27N3O2/c1-3-22-13-17(12-21-22)19-18(5-4-10-24-19)20-11-15-6-8-16(9-7-15)14-23-2/h6-9,12-13,18-20H,3-5,10-11,14H2,1-2H3/t18-,19+/m0/s1. The Morgan fingerprint density at radius 3 is 2.79 bits per heavy atom. The van der Waals surface area contributed by atoms with Gasteiger partial charge in [-0.15, -0.1) is 0 Å². The van der Waals surface area contributed by atoms with Crippen LogP contribution < -0.4 is 5.32 Å².